The van der Waals surface area contributed by atoms with Crippen LogP contribution in [-0.4, -0.2) is 21.6 Å². The molecule has 0 spiro atoms. The summed E-state index contributed by atoms with van der Waals surface area (Å²) in [6.07, 6.45) is 3.62. The van der Waals surface area contributed by atoms with Crippen LogP contribution in [0.1, 0.15) is 42.6 Å². The van der Waals surface area contributed by atoms with Gasteiger partial charge in [0.15, 0.2) is 0 Å². The van der Waals surface area contributed by atoms with E-state index >= 15 is 0 Å². The summed E-state index contributed by atoms with van der Waals surface area (Å²) >= 11 is 0. The van der Waals surface area contributed by atoms with Crippen molar-refractivity contribution in [3.63, 3.8) is 0 Å². The Balaban J connectivity index is 1.67. The van der Waals surface area contributed by atoms with Crippen LogP contribution in [0.25, 0.3) is 0 Å². The minimum Gasteiger partial charge on any atom is -0.274 e. The van der Waals surface area contributed by atoms with E-state index in [0.717, 1.165) is 36.9 Å². The van der Waals surface area contributed by atoms with Gasteiger partial charge < -0.3 is 0 Å². The summed E-state index contributed by atoms with van der Waals surface area (Å²) < 4.78 is 14.9. The predicted octanol–water partition coefficient (Wildman–Crippen LogP) is 3.37. The predicted molar refractivity (Wildman–Crippen MR) is 95.1 cm³/mol. The van der Waals surface area contributed by atoms with Crippen LogP contribution in [0.2, 0.25) is 0 Å². The summed E-state index contributed by atoms with van der Waals surface area (Å²) in [6.45, 7) is 4.17. The largest absolute Gasteiger partial charge is 0.274 e. The molecule has 2 heterocycles. The Kier molecular flexibility index (Phi) is 4.13. The highest BCUT2D eigenvalue weighted by atomic mass is 19.1. The third kappa shape index (κ3) is 2.64. The lowest BCUT2D eigenvalue weighted by atomic mass is 9.81. The minimum atomic E-state index is -0.279. The number of nitrogens with zero attached hydrogens (tertiary/aromatic N) is 3. The Morgan fingerprint density at radius 2 is 1.62 bits per heavy atom. The number of benzene rings is 1. The number of aryl methyl sites for hydroxylation is 1. The van der Waals surface area contributed by atoms with E-state index < -0.39 is 0 Å². The Labute approximate surface area is 151 Å². The van der Waals surface area contributed by atoms with Crippen molar-refractivity contribution in [2.75, 3.05) is 4.90 Å². The molecule has 0 bridgehead atoms. The van der Waals surface area contributed by atoms with E-state index in [1.807, 2.05) is 13.8 Å². The Hall–Kier alpha value is -2.50. The van der Waals surface area contributed by atoms with E-state index in [-0.39, 0.29) is 29.5 Å². The van der Waals surface area contributed by atoms with Crippen LogP contribution in [0, 0.1) is 31.5 Å². The molecular formula is C20H22FN3O2. The van der Waals surface area contributed by atoms with Gasteiger partial charge in [-0.15, -0.1) is 0 Å². The number of carbonyl (C=O) groups excluding carboxylic acids is 2. The molecule has 1 aromatic carbocycles. The highest BCUT2D eigenvalue weighted by Crippen LogP contribution is 2.41. The van der Waals surface area contributed by atoms with Crippen LogP contribution in [0.3, 0.4) is 0 Å². The van der Waals surface area contributed by atoms with Gasteiger partial charge in [-0.3, -0.25) is 14.3 Å². The Morgan fingerprint density at radius 1 is 1.04 bits per heavy atom. The first-order chi connectivity index (χ1) is 12.5. The molecule has 2 aromatic rings. The number of aromatic nitrogens is 2. The fourth-order valence-corrected chi connectivity index (χ4v) is 4.31. The fraction of sp³-hybridized carbons (Fsp3) is 0.450. The zero-order chi connectivity index (χ0) is 18.4. The lowest BCUT2D eigenvalue weighted by Gasteiger charge is -2.19. The number of carbonyl (C=O) groups is 2. The summed E-state index contributed by atoms with van der Waals surface area (Å²) in [4.78, 5) is 27.1. The molecule has 5 nitrogen and oxygen atoms in total. The lowest BCUT2D eigenvalue weighted by molar-refractivity contribution is -0.122. The Morgan fingerprint density at radius 3 is 2.19 bits per heavy atom. The van der Waals surface area contributed by atoms with Crippen LogP contribution in [0.5, 0.6) is 0 Å². The number of amides is 2. The van der Waals surface area contributed by atoms with Gasteiger partial charge in [0.1, 0.15) is 5.82 Å². The molecule has 4 rings (SSSR count). The van der Waals surface area contributed by atoms with Crippen molar-refractivity contribution >= 4 is 17.5 Å². The number of anilines is 1. The van der Waals surface area contributed by atoms with Crippen LogP contribution in [-0.2, 0) is 16.1 Å². The third-order valence-corrected chi connectivity index (χ3v) is 5.65. The van der Waals surface area contributed by atoms with E-state index in [9.17, 15) is 14.0 Å². The second kappa shape index (κ2) is 6.34. The molecule has 0 N–H and O–H groups in total. The maximum Gasteiger partial charge on any atom is 0.237 e. The van der Waals surface area contributed by atoms with Crippen molar-refractivity contribution in [2.45, 2.75) is 46.1 Å². The molecule has 1 aliphatic carbocycles. The van der Waals surface area contributed by atoms with E-state index in [0.29, 0.717) is 17.9 Å². The molecule has 2 amide bonds. The molecule has 6 heteroatoms. The molecule has 2 unspecified atom stereocenters. The van der Waals surface area contributed by atoms with Gasteiger partial charge in [0.05, 0.1) is 35.5 Å². The number of hydrogen-bond acceptors (Lipinski definition) is 3. The lowest BCUT2D eigenvalue weighted by Crippen LogP contribution is -2.31. The smallest absolute Gasteiger partial charge is 0.237 e. The zero-order valence-corrected chi connectivity index (χ0v) is 15.0. The van der Waals surface area contributed by atoms with Gasteiger partial charge in [0.25, 0.3) is 0 Å². The standard InChI is InChI=1S/C20H22FN3O2/c1-12-18(24-19(25)16-5-3-4-6-17(16)20(24)26)13(2)23(22-12)11-14-7-9-15(21)10-8-14/h7-10,16-17H,3-6,11H2,1-2H3. The van der Waals surface area contributed by atoms with Crippen molar-refractivity contribution in [1.82, 2.24) is 9.78 Å². The van der Waals surface area contributed by atoms with Gasteiger partial charge in [-0.25, -0.2) is 9.29 Å². The van der Waals surface area contributed by atoms with Crippen molar-refractivity contribution in [1.29, 1.82) is 0 Å². The van der Waals surface area contributed by atoms with Crippen molar-refractivity contribution in [3.8, 4) is 0 Å². The first kappa shape index (κ1) is 16.9. The van der Waals surface area contributed by atoms with Crippen molar-refractivity contribution in [2.24, 2.45) is 11.8 Å². The van der Waals surface area contributed by atoms with E-state index in [1.54, 1.807) is 16.8 Å². The van der Waals surface area contributed by atoms with Gasteiger partial charge in [0.2, 0.25) is 11.8 Å². The maximum atomic E-state index is 13.1. The van der Waals surface area contributed by atoms with E-state index in [1.165, 1.54) is 17.0 Å². The summed E-state index contributed by atoms with van der Waals surface area (Å²) in [5, 5.41) is 4.54. The van der Waals surface area contributed by atoms with Crippen LogP contribution >= 0.6 is 0 Å². The summed E-state index contributed by atoms with van der Waals surface area (Å²) in [7, 11) is 0. The maximum absolute atomic E-state index is 13.1. The number of halogens is 1. The first-order valence-corrected chi connectivity index (χ1v) is 9.13. The SMILES string of the molecule is Cc1nn(Cc2ccc(F)cc2)c(C)c1N1C(=O)C2CCCCC2C1=O. The van der Waals surface area contributed by atoms with Crippen molar-refractivity contribution in [3.05, 3.63) is 47.0 Å². The molecule has 2 aliphatic rings. The average Bonchev–Trinajstić information content (AvgIpc) is 3.04. The fourth-order valence-electron chi connectivity index (χ4n) is 4.31. The van der Waals surface area contributed by atoms with Crippen LogP contribution < -0.4 is 4.90 Å². The topological polar surface area (TPSA) is 55.2 Å². The zero-order valence-electron chi connectivity index (χ0n) is 15.0. The van der Waals surface area contributed by atoms with E-state index in [4.69, 9.17) is 0 Å². The normalized spacial score (nSPS) is 22.8. The van der Waals surface area contributed by atoms with Gasteiger partial charge in [0, 0.05) is 0 Å². The molecular weight excluding hydrogens is 333 g/mol. The average molecular weight is 355 g/mol. The molecule has 1 saturated heterocycles. The van der Waals surface area contributed by atoms with Crippen LogP contribution in [0.15, 0.2) is 24.3 Å². The number of hydrogen-bond donors (Lipinski definition) is 0. The summed E-state index contributed by atoms with van der Waals surface area (Å²) in [5.74, 6) is -0.774. The monoisotopic (exact) mass is 355 g/mol. The molecule has 1 aliphatic heterocycles. The quantitative estimate of drug-likeness (QED) is 0.793. The molecule has 2 atom stereocenters. The Bertz CT molecular complexity index is 848. The number of rotatable bonds is 3. The van der Waals surface area contributed by atoms with Crippen LogP contribution in [0.4, 0.5) is 10.1 Å². The summed E-state index contributed by atoms with van der Waals surface area (Å²) in [6, 6.07) is 6.26. The van der Waals surface area contributed by atoms with Gasteiger partial charge in [-0.05, 0) is 44.4 Å². The minimum absolute atomic E-state index is 0.0766. The second-order valence-electron chi connectivity index (χ2n) is 7.31. The highest BCUT2D eigenvalue weighted by Gasteiger charge is 2.49. The van der Waals surface area contributed by atoms with Crippen molar-refractivity contribution < 1.29 is 14.0 Å². The molecule has 26 heavy (non-hydrogen) atoms. The molecule has 1 saturated carbocycles. The highest BCUT2D eigenvalue weighted by molar-refractivity contribution is 6.22. The summed E-state index contributed by atoms with van der Waals surface area (Å²) in [5.41, 5.74) is 2.99. The second-order valence-corrected chi connectivity index (χ2v) is 7.31. The molecule has 136 valence electrons. The molecule has 2 fully saturated rings. The van der Waals surface area contributed by atoms with Gasteiger partial charge >= 0.3 is 0 Å². The van der Waals surface area contributed by atoms with E-state index in [2.05, 4.69) is 5.10 Å². The molecule has 1 aromatic heterocycles. The van der Waals surface area contributed by atoms with Gasteiger partial charge in [-0.2, -0.15) is 5.10 Å². The first-order valence-electron chi connectivity index (χ1n) is 9.13. The third-order valence-electron chi connectivity index (χ3n) is 5.65. The number of imide groups is 1. The van der Waals surface area contributed by atoms with Gasteiger partial charge in [-0.1, -0.05) is 25.0 Å². The number of fused-ring (bicyclic) bond motifs is 1. The molecule has 0 radical (unpaired) electrons.